The summed E-state index contributed by atoms with van der Waals surface area (Å²) in [6.07, 6.45) is 0. The van der Waals surface area contributed by atoms with Crippen molar-refractivity contribution in [2.45, 2.75) is 20.8 Å². The molecule has 0 spiro atoms. The highest BCUT2D eigenvalue weighted by Crippen LogP contribution is 2.30. The van der Waals surface area contributed by atoms with Crippen LogP contribution in [0.2, 0.25) is 0 Å². The number of nitrogens with one attached hydrogen (secondary N) is 1. The minimum absolute atomic E-state index is 0.209. The van der Waals surface area contributed by atoms with Gasteiger partial charge in [-0.05, 0) is 49.6 Å². The Bertz CT molecular complexity index is 899. The number of anilines is 1. The molecule has 1 heterocycles. The van der Waals surface area contributed by atoms with Crippen molar-refractivity contribution in [2.75, 3.05) is 12.4 Å². The fourth-order valence-electron chi connectivity index (χ4n) is 2.69. The number of ether oxygens (including phenoxy) is 1. The smallest absolute Gasteiger partial charge is 0.261 e. The lowest BCUT2D eigenvalue weighted by atomic mass is 10.1. The Morgan fingerprint density at radius 3 is 2.70 bits per heavy atom. The predicted molar refractivity (Wildman–Crippen MR) is 94.8 cm³/mol. The van der Waals surface area contributed by atoms with E-state index in [0.29, 0.717) is 16.4 Å². The molecule has 0 saturated carbocycles. The Morgan fingerprint density at radius 2 is 1.96 bits per heavy atom. The monoisotopic (exact) mass is 326 g/mol. The summed E-state index contributed by atoms with van der Waals surface area (Å²) in [6, 6.07) is 9.70. The van der Waals surface area contributed by atoms with Crippen LogP contribution in [-0.4, -0.2) is 18.0 Å². The number of nitrogens with zero attached hydrogens (tertiary/aromatic N) is 1. The molecule has 5 heteroatoms. The van der Waals surface area contributed by atoms with Gasteiger partial charge >= 0.3 is 0 Å². The number of para-hydroxylation sites is 1. The van der Waals surface area contributed by atoms with E-state index in [2.05, 4.69) is 29.4 Å². The van der Waals surface area contributed by atoms with Gasteiger partial charge in [-0.15, -0.1) is 0 Å². The minimum Gasteiger partial charge on any atom is -0.496 e. The summed E-state index contributed by atoms with van der Waals surface area (Å²) in [6.45, 7) is 6.01. The summed E-state index contributed by atoms with van der Waals surface area (Å²) in [4.78, 5) is 17.1. The van der Waals surface area contributed by atoms with Crippen LogP contribution in [0.15, 0.2) is 30.3 Å². The number of hydrogen-bond acceptors (Lipinski definition) is 4. The largest absolute Gasteiger partial charge is 0.496 e. The molecule has 1 amide bonds. The molecule has 1 aromatic heterocycles. The Balaban J connectivity index is 1.95. The van der Waals surface area contributed by atoms with Crippen molar-refractivity contribution in [3.63, 3.8) is 0 Å². The lowest BCUT2D eigenvalue weighted by molar-refractivity contribution is 0.102. The second-order valence-electron chi connectivity index (χ2n) is 5.56. The van der Waals surface area contributed by atoms with Gasteiger partial charge in [0.25, 0.3) is 5.91 Å². The zero-order chi connectivity index (χ0) is 16.6. The van der Waals surface area contributed by atoms with Crippen molar-refractivity contribution in [1.82, 2.24) is 4.98 Å². The maximum atomic E-state index is 12.6. The van der Waals surface area contributed by atoms with E-state index in [0.717, 1.165) is 21.3 Å². The fraction of sp³-hybridized carbons (Fsp3) is 0.222. The molecule has 0 fully saturated rings. The number of aryl methyl sites for hydroxylation is 3. The van der Waals surface area contributed by atoms with Crippen molar-refractivity contribution in [3.8, 4) is 5.75 Å². The molecule has 3 aromatic rings. The third-order valence-electron chi connectivity index (χ3n) is 3.71. The van der Waals surface area contributed by atoms with Crippen molar-refractivity contribution in [3.05, 3.63) is 52.6 Å². The summed E-state index contributed by atoms with van der Waals surface area (Å²) in [5, 5.41) is 3.48. The number of benzene rings is 2. The van der Waals surface area contributed by atoms with Crippen LogP contribution in [-0.2, 0) is 0 Å². The number of aromatic nitrogens is 1. The molecule has 1 N–H and O–H groups in total. The number of carbonyl (C=O) groups excluding carboxylic acids is 1. The first kappa shape index (κ1) is 15.5. The maximum absolute atomic E-state index is 12.6. The maximum Gasteiger partial charge on any atom is 0.261 e. The zero-order valence-corrected chi connectivity index (χ0v) is 14.4. The van der Waals surface area contributed by atoms with Crippen LogP contribution in [0, 0.1) is 20.8 Å². The average Bonchev–Trinajstić information content (AvgIpc) is 2.89. The molecule has 4 nitrogen and oxygen atoms in total. The van der Waals surface area contributed by atoms with Crippen LogP contribution >= 0.6 is 11.3 Å². The highest BCUT2D eigenvalue weighted by Gasteiger charge is 2.16. The van der Waals surface area contributed by atoms with Crippen LogP contribution in [0.3, 0.4) is 0 Å². The van der Waals surface area contributed by atoms with Gasteiger partial charge < -0.3 is 4.74 Å². The third kappa shape index (κ3) is 2.92. The number of rotatable bonds is 3. The first-order valence-electron chi connectivity index (χ1n) is 7.32. The average molecular weight is 326 g/mol. The van der Waals surface area contributed by atoms with Crippen molar-refractivity contribution in [1.29, 1.82) is 0 Å². The highest BCUT2D eigenvalue weighted by atomic mass is 32.1. The van der Waals surface area contributed by atoms with Gasteiger partial charge in [-0.1, -0.05) is 29.5 Å². The lowest BCUT2D eigenvalue weighted by Gasteiger charge is -2.10. The van der Waals surface area contributed by atoms with Crippen LogP contribution in [0.1, 0.15) is 27.0 Å². The fourth-order valence-corrected chi connectivity index (χ4v) is 3.73. The van der Waals surface area contributed by atoms with E-state index in [1.165, 1.54) is 16.9 Å². The summed E-state index contributed by atoms with van der Waals surface area (Å²) >= 11 is 1.48. The normalized spacial score (nSPS) is 10.8. The van der Waals surface area contributed by atoms with E-state index in [1.54, 1.807) is 13.2 Å². The second kappa shape index (κ2) is 6.01. The van der Waals surface area contributed by atoms with Crippen LogP contribution < -0.4 is 10.1 Å². The summed E-state index contributed by atoms with van der Waals surface area (Å²) in [5.74, 6) is 0.386. The molecule has 0 unspecified atom stereocenters. The second-order valence-corrected chi connectivity index (χ2v) is 6.59. The minimum atomic E-state index is -0.209. The molecule has 0 aliphatic rings. The van der Waals surface area contributed by atoms with E-state index < -0.39 is 0 Å². The first-order valence-corrected chi connectivity index (χ1v) is 8.14. The molecule has 0 aliphatic heterocycles. The van der Waals surface area contributed by atoms with Crippen molar-refractivity contribution >= 4 is 32.6 Å². The zero-order valence-electron chi connectivity index (χ0n) is 13.6. The van der Waals surface area contributed by atoms with Crippen molar-refractivity contribution < 1.29 is 9.53 Å². The molecule has 0 atom stereocenters. The number of amides is 1. The Kier molecular flexibility index (Phi) is 4.05. The molecule has 0 bridgehead atoms. The van der Waals surface area contributed by atoms with Gasteiger partial charge in [0.15, 0.2) is 5.13 Å². The highest BCUT2D eigenvalue weighted by molar-refractivity contribution is 7.22. The van der Waals surface area contributed by atoms with Crippen LogP contribution in [0.4, 0.5) is 5.13 Å². The van der Waals surface area contributed by atoms with Gasteiger partial charge in [0.05, 0.1) is 22.9 Å². The standard InChI is InChI=1S/C18H18N2O2S/c1-10-8-12(3)15-14(9-10)23-18(19-15)20-17(21)13-7-5-6-11(2)16(13)22-4/h5-9H,1-4H3,(H,19,20,21). The van der Waals surface area contributed by atoms with Gasteiger partial charge in [0.1, 0.15) is 5.75 Å². The Labute approximate surface area is 139 Å². The molecule has 3 rings (SSSR count). The van der Waals surface area contributed by atoms with Gasteiger partial charge in [-0.2, -0.15) is 0 Å². The SMILES string of the molecule is COc1c(C)cccc1C(=O)Nc1nc2c(C)cc(C)cc2s1. The topological polar surface area (TPSA) is 51.2 Å². The summed E-state index contributed by atoms with van der Waals surface area (Å²) in [7, 11) is 1.57. The number of hydrogen-bond donors (Lipinski definition) is 1. The molecule has 118 valence electrons. The number of thiazole rings is 1. The number of methoxy groups -OCH3 is 1. The van der Waals surface area contributed by atoms with Gasteiger partial charge in [-0.3, -0.25) is 10.1 Å². The molecular formula is C18H18N2O2S. The third-order valence-corrected chi connectivity index (χ3v) is 4.63. The Morgan fingerprint density at radius 1 is 1.17 bits per heavy atom. The van der Waals surface area contributed by atoms with Crippen molar-refractivity contribution in [2.24, 2.45) is 0 Å². The molecule has 2 aromatic carbocycles. The first-order chi connectivity index (χ1) is 11.0. The van der Waals surface area contributed by atoms with Gasteiger partial charge in [-0.25, -0.2) is 4.98 Å². The van der Waals surface area contributed by atoms with E-state index in [1.807, 2.05) is 26.0 Å². The van der Waals surface area contributed by atoms with E-state index in [-0.39, 0.29) is 5.91 Å². The summed E-state index contributed by atoms with van der Waals surface area (Å²) < 4.78 is 6.43. The van der Waals surface area contributed by atoms with Gasteiger partial charge in [0, 0.05) is 0 Å². The van der Waals surface area contributed by atoms with E-state index in [9.17, 15) is 4.79 Å². The lowest BCUT2D eigenvalue weighted by Crippen LogP contribution is -2.13. The summed E-state index contributed by atoms with van der Waals surface area (Å²) in [5.41, 5.74) is 4.68. The molecule has 23 heavy (non-hydrogen) atoms. The van der Waals surface area contributed by atoms with E-state index in [4.69, 9.17) is 4.74 Å². The molecule has 0 saturated heterocycles. The number of carbonyl (C=O) groups is 1. The molecule has 0 aliphatic carbocycles. The molecular weight excluding hydrogens is 308 g/mol. The Hall–Kier alpha value is -2.40. The van der Waals surface area contributed by atoms with Crippen LogP contribution in [0.5, 0.6) is 5.75 Å². The quantitative estimate of drug-likeness (QED) is 0.772. The van der Waals surface area contributed by atoms with E-state index >= 15 is 0 Å². The number of fused-ring (bicyclic) bond motifs is 1. The van der Waals surface area contributed by atoms with Crippen LogP contribution in [0.25, 0.3) is 10.2 Å². The molecule has 0 radical (unpaired) electrons. The predicted octanol–water partition coefficient (Wildman–Crippen LogP) is 4.48. The van der Waals surface area contributed by atoms with Gasteiger partial charge in [0.2, 0.25) is 0 Å².